The Morgan fingerprint density at radius 3 is 2.62 bits per heavy atom. The molecule has 1 aliphatic heterocycles. The number of anilines is 1. The zero-order valence-electron chi connectivity index (χ0n) is 15.7. The minimum Gasteiger partial charge on any atom is -0.478 e. The number of methoxy groups -OCH3 is 1. The van der Waals surface area contributed by atoms with E-state index in [-0.39, 0.29) is 17.2 Å². The monoisotopic (exact) mass is 415 g/mol. The average molecular weight is 415 g/mol. The molecular weight excluding hydrogens is 396 g/mol. The topological polar surface area (TPSA) is 49.8 Å². The van der Waals surface area contributed by atoms with Crippen LogP contribution in [0.2, 0.25) is 0 Å². The maximum atomic E-state index is 14.6. The van der Waals surface area contributed by atoms with Crippen molar-refractivity contribution in [1.82, 2.24) is 0 Å². The Balaban J connectivity index is 1.90. The number of nitrogens with zero attached hydrogens (tertiary/aromatic N) is 1. The molecule has 1 N–H and O–H groups in total. The zero-order chi connectivity index (χ0) is 20.5. The Bertz CT molecular complexity index is 1070. The molecule has 7 heteroatoms. The summed E-state index contributed by atoms with van der Waals surface area (Å²) in [6.45, 7) is 1.48. The summed E-state index contributed by atoms with van der Waals surface area (Å²) >= 11 is 1.38. The summed E-state index contributed by atoms with van der Waals surface area (Å²) in [4.78, 5) is 14.5. The number of carboxylic acid groups (broad SMARTS) is 1. The van der Waals surface area contributed by atoms with Gasteiger partial charge in [-0.3, -0.25) is 0 Å². The Morgan fingerprint density at radius 1 is 1.14 bits per heavy atom. The maximum absolute atomic E-state index is 14.6. The SMILES string of the molecule is COC1CCN(c2cc(-c3cccc(F)c3F)c(-c3ccccc3C(=O)O)s2)C1. The van der Waals surface area contributed by atoms with Gasteiger partial charge in [0.05, 0.1) is 16.7 Å². The predicted molar refractivity (Wildman–Crippen MR) is 110 cm³/mol. The van der Waals surface area contributed by atoms with Crippen molar-refractivity contribution < 1.29 is 23.4 Å². The zero-order valence-corrected chi connectivity index (χ0v) is 16.5. The van der Waals surface area contributed by atoms with E-state index >= 15 is 0 Å². The number of aromatic carboxylic acids is 1. The first-order valence-corrected chi connectivity index (χ1v) is 10.00. The summed E-state index contributed by atoms with van der Waals surface area (Å²) in [5, 5.41) is 10.5. The second kappa shape index (κ2) is 7.93. The van der Waals surface area contributed by atoms with Crippen LogP contribution in [0.5, 0.6) is 0 Å². The van der Waals surface area contributed by atoms with Gasteiger partial charge in [0, 0.05) is 41.8 Å². The first-order valence-electron chi connectivity index (χ1n) is 9.18. The second-order valence-corrected chi connectivity index (χ2v) is 7.90. The van der Waals surface area contributed by atoms with E-state index in [1.807, 2.05) is 6.07 Å². The summed E-state index contributed by atoms with van der Waals surface area (Å²) in [5.74, 6) is -2.95. The highest BCUT2D eigenvalue weighted by atomic mass is 32.1. The van der Waals surface area contributed by atoms with Crippen LogP contribution in [0.25, 0.3) is 21.6 Å². The highest BCUT2D eigenvalue weighted by molar-refractivity contribution is 7.20. The van der Waals surface area contributed by atoms with Gasteiger partial charge in [0.25, 0.3) is 0 Å². The largest absolute Gasteiger partial charge is 0.478 e. The smallest absolute Gasteiger partial charge is 0.336 e. The second-order valence-electron chi connectivity index (χ2n) is 6.87. The van der Waals surface area contributed by atoms with Gasteiger partial charge in [-0.25, -0.2) is 13.6 Å². The van der Waals surface area contributed by atoms with E-state index in [1.165, 1.54) is 29.5 Å². The van der Waals surface area contributed by atoms with Crippen molar-refractivity contribution in [3.8, 4) is 21.6 Å². The van der Waals surface area contributed by atoms with Crippen molar-refractivity contribution >= 4 is 22.3 Å². The van der Waals surface area contributed by atoms with E-state index in [0.717, 1.165) is 24.0 Å². The number of benzene rings is 2. The molecule has 0 radical (unpaired) electrons. The van der Waals surface area contributed by atoms with E-state index in [1.54, 1.807) is 25.3 Å². The van der Waals surface area contributed by atoms with Crippen LogP contribution in [-0.2, 0) is 4.74 Å². The number of carboxylic acids is 1. The number of thiophene rings is 1. The van der Waals surface area contributed by atoms with Gasteiger partial charge >= 0.3 is 5.97 Å². The van der Waals surface area contributed by atoms with Crippen LogP contribution >= 0.6 is 11.3 Å². The van der Waals surface area contributed by atoms with E-state index < -0.39 is 17.6 Å². The predicted octanol–water partition coefficient (Wildman–Crippen LogP) is 5.28. The van der Waals surface area contributed by atoms with Gasteiger partial charge in [-0.1, -0.05) is 30.3 Å². The van der Waals surface area contributed by atoms with E-state index in [2.05, 4.69) is 4.90 Å². The van der Waals surface area contributed by atoms with Gasteiger partial charge in [-0.15, -0.1) is 11.3 Å². The average Bonchev–Trinajstić information content (AvgIpc) is 3.37. The fourth-order valence-electron chi connectivity index (χ4n) is 3.63. The van der Waals surface area contributed by atoms with Crippen LogP contribution in [0.4, 0.5) is 13.8 Å². The lowest BCUT2D eigenvalue weighted by atomic mass is 9.98. The third kappa shape index (κ3) is 3.63. The first-order chi connectivity index (χ1) is 14.0. The molecule has 1 saturated heterocycles. The van der Waals surface area contributed by atoms with Gasteiger partial charge in [-0.2, -0.15) is 0 Å². The van der Waals surface area contributed by atoms with Crippen LogP contribution in [-0.4, -0.2) is 37.4 Å². The Labute approximate surface area is 171 Å². The standard InChI is InChI=1S/C22H19F2NO3S/c1-28-13-9-10-25(12-13)19-11-17(14-7-4-8-18(23)20(14)24)21(29-19)15-5-2-3-6-16(15)22(26)27/h2-8,11,13H,9-10,12H2,1H3,(H,26,27). The van der Waals surface area contributed by atoms with Gasteiger partial charge in [0.15, 0.2) is 11.6 Å². The highest BCUT2D eigenvalue weighted by Gasteiger charge is 2.27. The molecule has 3 aromatic rings. The molecule has 0 saturated carbocycles. The molecule has 2 heterocycles. The summed E-state index contributed by atoms with van der Waals surface area (Å²) in [7, 11) is 1.67. The molecule has 0 aliphatic carbocycles. The molecule has 0 spiro atoms. The number of hydrogen-bond donors (Lipinski definition) is 1. The molecule has 1 aliphatic rings. The number of rotatable bonds is 5. The van der Waals surface area contributed by atoms with Crippen LogP contribution < -0.4 is 4.90 Å². The molecule has 1 unspecified atom stereocenters. The molecule has 2 aromatic carbocycles. The maximum Gasteiger partial charge on any atom is 0.336 e. The lowest BCUT2D eigenvalue weighted by molar-refractivity contribution is 0.0697. The van der Waals surface area contributed by atoms with Gasteiger partial charge in [0.1, 0.15) is 0 Å². The van der Waals surface area contributed by atoms with Crippen molar-refractivity contribution in [1.29, 1.82) is 0 Å². The summed E-state index contributed by atoms with van der Waals surface area (Å²) in [6.07, 6.45) is 0.986. The van der Waals surface area contributed by atoms with Crippen molar-refractivity contribution in [2.45, 2.75) is 12.5 Å². The molecule has 150 valence electrons. The van der Waals surface area contributed by atoms with Crippen molar-refractivity contribution in [3.05, 3.63) is 65.7 Å². The lowest BCUT2D eigenvalue weighted by Gasteiger charge is -2.15. The molecule has 0 amide bonds. The molecule has 29 heavy (non-hydrogen) atoms. The van der Waals surface area contributed by atoms with Gasteiger partial charge in [0.2, 0.25) is 0 Å². The van der Waals surface area contributed by atoms with Crippen LogP contribution in [0.1, 0.15) is 16.8 Å². The number of hydrogen-bond acceptors (Lipinski definition) is 4. The Kier molecular flexibility index (Phi) is 5.34. The molecule has 0 bridgehead atoms. The number of carbonyl (C=O) groups is 1. The molecule has 1 atom stereocenters. The number of ether oxygens (including phenoxy) is 1. The minimum atomic E-state index is -1.07. The van der Waals surface area contributed by atoms with Gasteiger partial charge < -0.3 is 14.7 Å². The van der Waals surface area contributed by atoms with E-state index in [0.29, 0.717) is 22.5 Å². The molecule has 4 rings (SSSR count). The number of halogens is 2. The summed E-state index contributed by atoms with van der Waals surface area (Å²) < 4.78 is 34.0. The first kappa shape index (κ1) is 19.5. The third-order valence-corrected chi connectivity index (χ3v) is 6.38. The van der Waals surface area contributed by atoms with Crippen LogP contribution in [0, 0.1) is 11.6 Å². The molecular formula is C22H19F2NO3S. The fourth-order valence-corrected chi connectivity index (χ4v) is 4.88. The van der Waals surface area contributed by atoms with Crippen molar-refractivity contribution in [3.63, 3.8) is 0 Å². The van der Waals surface area contributed by atoms with Crippen molar-refractivity contribution in [2.24, 2.45) is 0 Å². The van der Waals surface area contributed by atoms with Gasteiger partial charge in [-0.05, 0) is 24.6 Å². The molecule has 1 aromatic heterocycles. The third-order valence-electron chi connectivity index (χ3n) is 5.15. The van der Waals surface area contributed by atoms with E-state index in [9.17, 15) is 18.7 Å². The van der Waals surface area contributed by atoms with E-state index in [4.69, 9.17) is 4.74 Å². The lowest BCUT2D eigenvalue weighted by Crippen LogP contribution is -2.21. The van der Waals surface area contributed by atoms with Crippen LogP contribution in [0.15, 0.2) is 48.5 Å². The summed E-state index contributed by atoms with van der Waals surface area (Å²) in [6, 6.07) is 12.4. The normalized spacial score (nSPS) is 16.4. The minimum absolute atomic E-state index is 0.112. The molecule has 4 nitrogen and oxygen atoms in total. The Hall–Kier alpha value is -2.77. The Morgan fingerprint density at radius 2 is 1.90 bits per heavy atom. The highest BCUT2D eigenvalue weighted by Crippen LogP contribution is 2.45. The fraction of sp³-hybridized carbons (Fsp3) is 0.227. The quantitative estimate of drug-likeness (QED) is 0.616. The van der Waals surface area contributed by atoms with Crippen LogP contribution in [0.3, 0.4) is 0 Å². The molecule has 1 fully saturated rings. The van der Waals surface area contributed by atoms with Crippen molar-refractivity contribution in [2.75, 3.05) is 25.1 Å². The summed E-state index contributed by atoms with van der Waals surface area (Å²) in [5.41, 5.74) is 1.20.